The highest BCUT2D eigenvalue weighted by Gasteiger charge is 2.38. The minimum absolute atomic E-state index is 0.292. The van der Waals surface area contributed by atoms with E-state index in [-0.39, 0.29) is 5.54 Å². The molecule has 0 atom stereocenters. The van der Waals surface area contributed by atoms with Gasteiger partial charge in [-0.2, -0.15) is 4.99 Å². The molecule has 16 heavy (non-hydrogen) atoms. The Balaban J connectivity index is 2.13. The fourth-order valence-corrected chi connectivity index (χ4v) is 2.92. The van der Waals surface area contributed by atoms with Crippen LogP contribution in [0.25, 0.3) is 10.2 Å². The number of rotatable bonds is 2. The number of hydrogen-bond acceptors (Lipinski definition) is 4. The van der Waals surface area contributed by atoms with Crippen LogP contribution in [-0.4, -0.2) is 11.1 Å². The topological polar surface area (TPSA) is 42.3 Å². The molecule has 0 amide bonds. The second-order valence-electron chi connectivity index (χ2n) is 4.12. The molecular formula is C12H10N2OS. The molecule has 1 aliphatic rings. The summed E-state index contributed by atoms with van der Waals surface area (Å²) in [5.74, 6) is 0. The molecule has 1 aromatic carbocycles. The van der Waals surface area contributed by atoms with Crippen LogP contribution < -0.4 is 0 Å². The zero-order valence-corrected chi connectivity index (χ0v) is 9.46. The summed E-state index contributed by atoms with van der Waals surface area (Å²) in [5.41, 5.74) is 3.68. The fraction of sp³-hybridized carbons (Fsp3) is 0.333. The molecule has 0 radical (unpaired) electrons. The molecule has 1 fully saturated rings. The van der Waals surface area contributed by atoms with Gasteiger partial charge in [0.2, 0.25) is 6.08 Å². The van der Waals surface area contributed by atoms with Crippen molar-refractivity contribution in [3.05, 3.63) is 29.3 Å². The Morgan fingerprint density at radius 2 is 2.31 bits per heavy atom. The summed E-state index contributed by atoms with van der Waals surface area (Å²) in [6.45, 7) is 0. The number of benzene rings is 1. The second-order valence-corrected chi connectivity index (χ2v) is 5.01. The standard InChI is InChI=1S/C12H10N2OS/c15-7-14-12(4-1-5-12)9-2-3-10-11(6-9)16-8-13-10/h2-3,6,8H,1,4-5H2. The predicted octanol–water partition coefficient (Wildman–Crippen LogP) is 3.01. The number of aromatic nitrogens is 1. The van der Waals surface area contributed by atoms with Crippen LogP contribution in [0.3, 0.4) is 0 Å². The van der Waals surface area contributed by atoms with Gasteiger partial charge in [-0.25, -0.2) is 9.78 Å². The van der Waals surface area contributed by atoms with E-state index < -0.39 is 0 Å². The molecule has 1 aliphatic carbocycles. The molecule has 0 N–H and O–H groups in total. The van der Waals surface area contributed by atoms with Gasteiger partial charge < -0.3 is 0 Å². The highest BCUT2D eigenvalue weighted by molar-refractivity contribution is 7.16. The molecule has 0 aliphatic heterocycles. The molecule has 3 rings (SSSR count). The van der Waals surface area contributed by atoms with Crippen molar-refractivity contribution in [1.82, 2.24) is 4.98 Å². The van der Waals surface area contributed by atoms with Crippen LogP contribution >= 0.6 is 11.3 Å². The van der Waals surface area contributed by atoms with Crippen molar-refractivity contribution in [1.29, 1.82) is 0 Å². The normalized spacial score (nSPS) is 17.8. The van der Waals surface area contributed by atoms with Crippen molar-refractivity contribution < 1.29 is 4.79 Å². The lowest BCUT2D eigenvalue weighted by Crippen LogP contribution is -2.31. The Hall–Kier alpha value is -1.51. The van der Waals surface area contributed by atoms with Crippen molar-refractivity contribution in [3.63, 3.8) is 0 Å². The summed E-state index contributed by atoms with van der Waals surface area (Å²) in [5, 5.41) is 0. The number of hydrogen-bond donors (Lipinski definition) is 0. The largest absolute Gasteiger partial charge is 0.245 e. The van der Waals surface area contributed by atoms with E-state index in [2.05, 4.69) is 16.0 Å². The predicted molar refractivity (Wildman–Crippen MR) is 63.3 cm³/mol. The highest BCUT2D eigenvalue weighted by atomic mass is 32.1. The van der Waals surface area contributed by atoms with E-state index in [1.165, 1.54) is 0 Å². The summed E-state index contributed by atoms with van der Waals surface area (Å²) >= 11 is 1.62. The van der Waals surface area contributed by atoms with Crippen LogP contribution in [0.2, 0.25) is 0 Å². The summed E-state index contributed by atoms with van der Waals surface area (Å²) < 4.78 is 1.16. The summed E-state index contributed by atoms with van der Waals surface area (Å²) in [6, 6.07) is 6.14. The molecule has 2 aromatic rings. The molecule has 0 saturated heterocycles. The average molecular weight is 230 g/mol. The Labute approximate surface area is 96.8 Å². The highest BCUT2D eigenvalue weighted by Crippen LogP contribution is 2.45. The summed E-state index contributed by atoms with van der Waals surface area (Å²) in [4.78, 5) is 18.7. The molecule has 80 valence electrons. The van der Waals surface area contributed by atoms with Gasteiger partial charge in [0.15, 0.2) is 0 Å². The van der Waals surface area contributed by atoms with Crippen molar-refractivity contribution in [3.8, 4) is 0 Å². The van der Waals surface area contributed by atoms with E-state index in [9.17, 15) is 4.79 Å². The van der Waals surface area contributed by atoms with Crippen molar-refractivity contribution in [2.24, 2.45) is 4.99 Å². The van der Waals surface area contributed by atoms with Gasteiger partial charge in [-0.1, -0.05) is 6.07 Å². The first-order valence-electron chi connectivity index (χ1n) is 5.27. The molecule has 0 spiro atoms. The maximum Gasteiger partial charge on any atom is 0.235 e. The minimum Gasteiger partial charge on any atom is -0.245 e. The van der Waals surface area contributed by atoms with E-state index >= 15 is 0 Å². The van der Waals surface area contributed by atoms with Gasteiger partial charge in [0.25, 0.3) is 0 Å². The number of carbonyl (C=O) groups excluding carboxylic acids is 1. The van der Waals surface area contributed by atoms with E-state index in [0.29, 0.717) is 0 Å². The third-order valence-corrected chi connectivity index (χ3v) is 4.10. The lowest BCUT2D eigenvalue weighted by Gasteiger charge is -2.37. The number of isocyanates is 1. The third kappa shape index (κ3) is 1.31. The second kappa shape index (κ2) is 3.51. The van der Waals surface area contributed by atoms with Crippen LogP contribution in [-0.2, 0) is 10.3 Å². The van der Waals surface area contributed by atoms with Gasteiger partial charge in [-0.3, -0.25) is 0 Å². The molecule has 0 bridgehead atoms. The minimum atomic E-state index is -0.292. The van der Waals surface area contributed by atoms with Crippen LogP contribution in [0, 0.1) is 0 Å². The zero-order valence-electron chi connectivity index (χ0n) is 8.64. The number of aliphatic imine (C=N–C) groups is 1. The first-order chi connectivity index (χ1) is 7.84. The van der Waals surface area contributed by atoms with Crippen LogP contribution in [0.1, 0.15) is 24.8 Å². The molecule has 1 aromatic heterocycles. The number of thiazole rings is 1. The first kappa shape index (κ1) is 9.70. The summed E-state index contributed by atoms with van der Waals surface area (Å²) in [7, 11) is 0. The van der Waals surface area contributed by atoms with Crippen LogP contribution in [0.4, 0.5) is 0 Å². The Kier molecular flexibility index (Phi) is 2.13. The molecular weight excluding hydrogens is 220 g/mol. The van der Waals surface area contributed by atoms with E-state index in [4.69, 9.17) is 0 Å². The summed E-state index contributed by atoms with van der Waals surface area (Å²) in [6.07, 6.45) is 4.75. The lowest BCUT2D eigenvalue weighted by atomic mass is 9.72. The fourth-order valence-electron chi connectivity index (χ4n) is 2.21. The number of fused-ring (bicyclic) bond motifs is 1. The van der Waals surface area contributed by atoms with Crippen molar-refractivity contribution in [2.75, 3.05) is 0 Å². The maximum absolute atomic E-state index is 10.5. The SMILES string of the molecule is O=C=NC1(c2ccc3ncsc3c2)CCC1. The van der Waals surface area contributed by atoms with Gasteiger partial charge >= 0.3 is 0 Å². The third-order valence-electron chi connectivity index (χ3n) is 3.31. The first-order valence-corrected chi connectivity index (χ1v) is 6.15. The van der Waals surface area contributed by atoms with E-state index in [1.54, 1.807) is 17.4 Å². The van der Waals surface area contributed by atoms with Gasteiger partial charge in [-0.15, -0.1) is 11.3 Å². The molecule has 1 saturated carbocycles. The van der Waals surface area contributed by atoms with E-state index in [1.807, 2.05) is 17.6 Å². The smallest absolute Gasteiger partial charge is 0.235 e. The van der Waals surface area contributed by atoms with Crippen molar-refractivity contribution in [2.45, 2.75) is 24.8 Å². The average Bonchev–Trinajstić information content (AvgIpc) is 2.70. The molecule has 1 heterocycles. The Bertz CT molecular complexity index is 579. The quantitative estimate of drug-likeness (QED) is 0.588. The van der Waals surface area contributed by atoms with Crippen molar-refractivity contribution >= 4 is 27.6 Å². The number of nitrogens with zero attached hydrogens (tertiary/aromatic N) is 2. The lowest BCUT2D eigenvalue weighted by molar-refractivity contribution is 0.256. The van der Waals surface area contributed by atoms with Crippen LogP contribution in [0.15, 0.2) is 28.7 Å². The maximum atomic E-state index is 10.5. The monoisotopic (exact) mass is 230 g/mol. The zero-order chi connectivity index (χ0) is 11.0. The van der Waals surface area contributed by atoms with Gasteiger partial charge in [0, 0.05) is 0 Å². The Morgan fingerprint density at radius 1 is 1.44 bits per heavy atom. The molecule has 0 unspecified atom stereocenters. The van der Waals surface area contributed by atoms with E-state index in [0.717, 1.165) is 35.0 Å². The van der Waals surface area contributed by atoms with Gasteiger partial charge in [0.1, 0.15) is 0 Å². The Morgan fingerprint density at radius 3 is 3.00 bits per heavy atom. The molecule has 4 heteroatoms. The van der Waals surface area contributed by atoms with Crippen LogP contribution in [0.5, 0.6) is 0 Å². The van der Waals surface area contributed by atoms with Gasteiger partial charge in [-0.05, 0) is 37.0 Å². The molecule has 3 nitrogen and oxygen atoms in total. The van der Waals surface area contributed by atoms with Gasteiger partial charge in [0.05, 0.1) is 21.3 Å².